The lowest BCUT2D eigenvalue weighted by atomic mass is 9.67. The normalized spacial score (nSPS) is 26.7. The molecule has 2 aromatic rings. The van der Waals surface area contributed by atoms with Crippen LogP contribution < -0.4 is 4.74 Å². The third-order valence-corrected chi connectivity index (χ3v) is 11.7. The van der Waals surface area contributed by atoms with Crippen molar-refractivity contribution in [1.82, 2.24) is 4.31 Å². The second kappa shape index (κ2) is 8.68. The Kier molecular flexibility index (Phi) is 6.18. The molecule has 1 heterocycles. The van der Waals surface area contributed by atoms with E-state index in [0.29, 0.717) is 17.9 Å². The van der Waals surface area contributed by atoms with Gasteiger partial charge in [0.25, 0.3) is 0 Å². The molecule has 0 radical (unpaired) electrons. The molecule has 190 valence electrons. The van der Waals surface area contributed by atoms with E-state index < -0.39 is 48.1 Å². The third-order valence-electron chi connectivity index (χ3n) is 7.58. The van der Waals surface area contributed by atoms with Crippen LogP contribution in [0.3, 0.4) is 0 Å². The van der Waals surface area contributed by atoms with Crippen molar-refractivity contribution in [3.8, 4) is 5.75 Å². The summed E-state index contributed by atoms with van der Waals surface area (Å²) < 4.78 is 89.3. The first-order chi connectivity index (χ1) is 16.5. The van der Waals surface area contributed by atoms with Crippen molar-refractivity contribution in [2.45, 2.75) is 47.8 Å². The van der Waals surface area contributed by atoms with Gasteiger partial charge in [-0.15, -0.1) is 0 Å². The quantitative estimate of drug-likeness (QED) is 0.533. The van der Waals surface area contributed by atoms with E-state index >= 15 is 4.39 Å². The lowest BCUT2D eigenvalue weighted by molar-refractivity contribution is 0.0648. The predicted octanol–water partition coefficient (Wildman–Crippen LogP) is 4.52. The first-order valence-electron chi connectivity index (χ1n) is 11.5. The van der Waals surface area contributed by atoms with Gasteiger partial charge in [0, 0.05) is 23.5 Å². The number of hydrogen-bond acceptors (Lipinski definition) is 5. The molecule has 5 rings (SSSR count). The van der Waals surface area contributed by atoms with E-state index in [-0.39, 0.29) is 41.8 Å². The molecular formula is C24H26ClF2NO5S2. The zero-order valence-corrected chi connectivity index (χ0v) is 21.5. The number of hydrogen-bond donors (Lipinski definition) is 0. The molecule has 1 aliphatic heterocycles. The summed E-state index contributed by atoms with van der Waals surface area (Å²) in [6, 6.07) is 7.37. The molecule has 0 spiro atoms. The molecular weight excluding hydrogens is 520 g/mol. The molecule has 0 amide bonds. The van der Waals surface area contributed by atoms with Crippen molar-refractivity contribution < 1.29 is 30.4 Å². The minimum absolute atomic E-state index is 0.0498. The van der Waals surface area contributed by atoms with Crippen LogP contribution in [0.2, 0.25) is 5.02 Å². The number of halogens is 3. The molecule has 0 bridgehead atoms. The molecule has 35 heavy (non-hydrogen) atoms. The summed E-state index contributed by atoms with van der Waals surface area (Å²) >= 11 is 5.98. The highest BCUT2D eigenvalue weighted by Gasteiger charge is 2.61. The Morgan fingerprint density at radius 3 is 2.31 bits per heavy atom. The Bertz CT molecular complexity index is 1360. The summed E-state index contributed by atoms with van der Waals surface area (Å²) in [5, 5.41) is 0.345. The van der Waals surface area contributed by atoms with Crippen molar-refractivity contribution in [3.05, 3.63) is 58.6 Å². The van der Waals surface area contributed by atoms with Gasteiger partial charge >= 0.3 is 0 Å². The number of sulfonamides is 1. The molecule has 2 aliphatic carbocycles. The van der Waals surface area contributed by atoms with Gasteiger partial charge in [-0.25, -0.2) is 25.6 Å². The van der Waals surface area contributed by atoms with E-state index in [9.17, 15) is 21.2 Å². The maximum Gasteiger partial charge on any atom is 0.211 e. The van der Waals surface area contributed by atoms with Crippen molar-refractivity contribution in [3.63, 3.8) is 0 Å². The highest BCUT2D eigenvalue weighted by Crippen LogP contribution is 2.58. The first-order valence-corrected chi connectivity index (χ1v) is 15.3. The van der Waals surface area contributed by atoms with Gasteiger partial charge in [0.05, 0.1) is 23.3 Å². The van der Waals surface area contributed by atoms with E-state index in [4.69, 9.17) is 16.3 Å². The fraction of sp³-hybridized carbons (Fsp3) is 0.500. The second-order valence-electron chi connectivity index (χ2n) is 9.71. The van der Waals surface area contributed by atoms with E-state index in [0.717, 1.165) is 31.2 Å². The fourth-order valence-electron chi connectivity index (χ4n) is 5.88. The summed E-state index contributed by atoms with van der Waals surface area (Å²) in [5.41, 5.74) is -0.300. The number of sulfone groups is 1. The summed E-state index contributed by atoms with van der Waals surface area (Å²) in [4.78, 5) is -0.0498. The van der Waals surface area contributed by atoms with E-state index in [2.05, 4.69) is 0 Å². The van der Waals surface area contributed by atoms with Gasteiger partial charge in [0.15, 0.2) is 21.4 Å². The van der Waals surface area contributed by atoms with Gasteiger partial charge < -0.3 is 4.74 Å². The van der Waals surface area contributed by atoms with Crippen molar-refractivity contribution in [2.75, 3.05) is 19.4 Å². The molecule has 6 nitrogen and oxygen atoms in total. The van der Waals surface area contributed by atoms with Crippen LogP contribution in [-0.2, 0) is 24.6 Å². The number of benzene rings is 2. The molecule has 0 unspecified atom stereocenters. The van der Waals surface area contributed by atoms with Crippen LogP contribution in [0.4, 0.5) is 8.78 Å². The maximum atomic E-state index is 15.5. The van der Waals surface area contributed by atoms with E-state index in [1.165, 1.54) is 28.6 Å². The minimum Gasteiger partial charge on any atom is -0.490 e. The summed E-state index contributed by atoms with van der Waals surface area (Å²) in [5.74, 6) is -3.27. The van der Waals surface area contributed by atoms with E-state index in [1.54, 1.807) is 0 Å². The Morgan fingerprint density at radius 2 is 1.69 bits per heavy atom. The van der Waals surface area contributed by atoms with Crippen molar-refractivity contribution in [1.29, 1.82) is 0 Å². The first kappa shape index (κ1) is 24.9. The lowest BCUT2D eigenvalue weighted by Gasteiger charge is -2.51. The molecule has 11 heteroatoms. The molecule has 0 aromatic heterocycles. The van der Waals surface area contributed by atoms with Gasteiger partial charge in [0.1, 0.15) is 10.6 Å². The summed E-state index contributed by atoms with van der Waals surface area (Å²) in [6.07, 6.45) is 3.67. The summed E-state index contributed by atoms with van der Waals surface area (Å²) in [7, 11) is -7.81. The van der Waals surface area contributed by atoms with Crippen LogP contribution in [0.25, 0.3) is 0 Å². The SMILES string of the molecule is CS(=O)(=O)N(C[C@@H]1CCC[C@@]2(S(=O)(=O)c3ccc(Cl)cc3)c3c(F)ccc(F)c3OC[C@@H]12)C1CC1. The molecule has 3 atom stereocenters. The zero-order chi connectivity index (χ0) is 25.2. The zero-order valence-electron chi connectivity index (χ0n) is 19.1. The number of fused-ring (bicyclic) bond motifs is 3. The number of rotatable bonds is 6. The van der Waals surface area contributed by atoms with Crippen LogP contribution in [0, 0.1) is 23.5 Å². The van der Waals surface area contributed by atoms with Crippen LogP contribution in [-0.4, -0.2) is 46.6 Å². The van der Waals surface area contributed by atoms with Crippen LogP contribution in [0.1, 0.15) is 37.7 Å². The second-order valence-corrected chi connectivity index (χ2v) is 14.3. The largest absolute Gasteiger partial charge is 0.490 e. The molecule has 2 saturated carbocycles. The summed E-state index contributed by atoms with van der Waals surface area (Å²) in [6.45, 7) is -0.0468. The molecule has 2 aromatic carbocycles. The Hall–Kier alpha value is -1.75. The highest BCUT2D eigenvalue weighted by molar-refractivity contribution is 7.92. The van der Waals surface area contributed by atoms with E-state index in [1.807, 2.05) is 0 Å². The Labute approximate surface area is 209 Å². The Morgan fingerprint density at radius 1 is 1.03 bits per heavy atom. The van der Waals surface area contributed by atoms with Gasteiger partial charge in [-0.3, -0.25) is 0 Å². The standard InChI is InChI=1S/C24H26ClF2NO5S2/c1-34(29,30)28(17-6-7-17)13-15-3-2-12-24(35(31,32)18-8-4-16(25)5-9-18)19(15)14-33-23-21(27)11-10-20(26)22(23)24/h4-5,8-11,15,17,19H,2-3,6-7,12-14H2,1H3/t15-,19-,24-/m0/s1. The van der Waals surface area contributed by atoms with Crippen LogP contribution in [0.5, 0.6) is 5.75 Å². The number of nitrogens with zero attached hydrogens (tertiary/aromatic N) is 1. The minimum atomic E-state index is -4.28. The monoisotopic (exact) mass is 545 g/mol. The lowest BCUT2D eigenvalue weighted by Crippen LogP contribution is -2.56. The van der Waals surface area contributed by atoms with Gasteiger partial charge in [0.2, 0.25) is 10.0 Å². The smallest absolute Gasteiger partial charge is 0.211 e. The van der Waals surface area contributed by atoms with Gasteiger partial charge in [-0.1, -0.05) is 18.0 Å². The van der Waals surface area contributed by atoms with Gasteiger partial charge in [-0.2, -0.15) is 4.31 Å². The molecule has 0 N–H and O–H groups in total. The Balaban J connectivity index is 1.70. The van der Waals surface area contributed by atoms with Crippen LogP contribution in [0.15, 0.2) is 41.3 Å². The van der Waals surface area contributed by atoms with Gasteiger partial charge in [-0.05, 0) is 68.0 Å². The molecule has 3 aliphatic rings. The predicted molar refractivity (Wildman–Crippen MR) is 128 cm³/mol. The fourth-order valence-corrected chi connectivity index (χ4v) is 9.66. The maximum absolute atomic E-state index is 15.5. The topological polar surface area (TPSA) is 80.8 Å². The average Bonchev–Trinajstić information content (AvgIpc) is 3.63. The molecule has 2 fully saturated rings. The molecule has 0 saturated heterocycles. The van der Waals surface area contributed by atoms with Crippen molar-refractivity contribution >= 4 is 31.5 Å². The highest BCUT2D eigenvalue weighted by atomic mass is 35.5. The number of ether oxygens (including phenoxy) is 1. The van der Waals surface area contributed by atoms with Crippen LogP contribution >= 0.6 is 11.6 Å². The van der Waals surface area contributed by atoms with Crippen molar-refractivity contribution in [2.24, 2.45) is 11.8 Å². The average molecular weight is 546 g/mol. The third kappa shape index (κ3) is 4.06.